The van der Waals surface area contributed by atoms with Gasteiger partial charge in [0, 0.05) is 24.5 Å². The van der Waals surface area contributed by atoms with Crippen molar-refractivity contribution < 1.29 is 13.5 Å². The predicted octanol–water partition coefficient (Wildman–Crippen LogP) is 9.34. The zero-order chi connectivity index (χ0) is 30.9. The van der Waals surface area contributed by atoms with Crippen LogP contribution < -0.4 is 20.4 Å². The van der Waals surface area contributed by atoms with Crippen LogP contribution in [0.25, 0.3) is 0 Å². The monoisotopic (exact) mass is 720 g/mol. The second-order valence-corrected chi connectivity index (χ2v) is 20.0. The van der Waals surface area contributed by atoms with E-state index in [-0.39, 0.29) is 0 Å². The van der Waals surface area contributed by atoms with Gasteiger partial charge in [0.2, 0.25) is 0 Å². The second kappa shape index (κ2) is 16.3. The SMILES string of the molecule is Cc1cc(C)c(N2[CH-]N(c3c(C)cc(C)cc3C)CC2)c(C)c1.[Cl][Ru]([Cl])=[CH]CCC[PH+](c1ccccc1)c1ccccc1. The van der Waals surface area contributed by atoms with Crippen LogP contribution in [0.15, 0.2) is 84.9 Å². The maximum absolute atomic E-state index is 5.89. The zero-order valence-corrected chi connectivity index (χ0v) is 30.5. The van der Waals surface area contributed by atoms with Crippen molar-refractivity contribution >= 4 is 53.9 Å². The molecule has 1 saturated heterocycles. The number of hydrogen-bond donors (Lipinski definition) is 0. The van der Waals surface area contributed by atoms with E-state index in [9.17, 15) is 0 Å². The minimum absolute atomic E-state index is 0.688. The molecular formula is C37H45Cl2N2PRu. The first-order valence-corrected chi connectivity index (χ1v) is 22.1. The van der Waals surface area contributed by atoms with E-state index in [1.165, 1.54) is 67.9 Å². The summed E-state index contributed by atoms with van der Waals surface area (Å²) >= 11 is -1.59. The van der Waals surface area contributed by atoms with Gasteiger partial charge in [0.25, 0.3) is 0 Å². The third-order valence-electron chi connectivity index (χ3n) is 7.79. The molecule has 1 heterocycles. The molecule has 1 aliphatic rings. The Morgan fingerprint density at radius 1 is 0.674 bits per heavy atom. The summed E-state index contributed by atoms with van der Waals surface area (Å²) in [6.45, 7) is 17.6. The van der Waals surface area contributed by atoms with Crippen LogP contribution in [0.5, 0.6) is 0 Å². The number of unbranched alkanes of at least 4 members (excludes halogenated alkanes) is 1. The van der Waals surface area contributed by atoms with Gasteiger partial charge in [-0.3, -0.25) is 0 Å². The average molecular weight is 721 g/mol. The molecule has 5 rings (SSSR count). The Morgan fingerprint density at radius 3 is 1.44 bits per heavy atom. The third kappa shape index (κ3) is 9.49. The van der Waals surface area contributed by atoms with E-state index in [2.05, 4.69) is 148 Å². The van der Waals surface area contributed by atoms with Gasteiger partial charge in [0.1, 0.15) is 0 Å². The van der Waals surface area contributed by atoms with E-state index in [1.54, 1.807) is 0 Å². The fourth-order valence-electron chi connectivity index (χ4n) is 6.25. The molecule has 0 N–H and O–H groups in total. The van der Waals surface area contributed by atoms with Crippen molar-refractivity contribution in [3.63, 3.8) is 0 Å². The summed E-state index contributed by atoms with van der Waals surface area (Å²) in [6, 6.07) is 30.8. The summed E-state index contributed by atoms with van der Waals surface area (Å²) in [5, 5.41) is 2.96. The van der Waals surface area contributed by atoms with Gasteiger partial charge in [-0.15, -0.1) is 0 Å². The molecule has 0 spiro atoms. The number of rotatable bonds is 8. The van der Waals surface area contributed by atoms with Crippen molar-refractivity contribution in [2.45, 2.75) is 54.4 Å². The van der Waals surface area contributed by atoms with Gasteiger partial charge in [-0.2, -0.15) is 6.67 Å². The fraction of sp³-hybridized carbons (Fsp3) is 0.297. The van der Waals surface area contributed by atoms with Crippen LogP contribution in [-0.4, -0.2) is 23.9 Å². The first-order valence-electron chi connectivity index (χ1n) is 15.0. The number of hydrogen-bond acceptors (Lipinski definition) is 2. The molecule has 0 saturated carbocycles. The van der Waals surface area contributed by atoms with Crippen molar-refractivity contribution in [1.82, 2.24) is 0 Å². The number of nitrogens with zero attached hydrogens (tertiary/aromatic N) is 2. The summed E-state index contributed by atoms with van der Waals surface area (Å²) in [4.78, 5) is 4.81. The van der Waals surface area contributed by atoms with Crippen LogP contribution in [0.2, 0.25) is 0 Å². The molecule has 0 amide bonds. The number of halogens is 2. The molecular weight excluding hydrogens is 675 g/mol. The second-order valence-electron chi connectivity index (χ2n) is 11.4. The van der Waals surface area contributed by atoms with E-state index < -0.39 is 21.4 Å². The Balaban J connectivity index is 0.000000199. The Kier molecular flexibility index (Phi) is 12.9. The molecule has 0 radical (unpaired) electrons. The van der Waals surface area contributed by atoms with Crippen LogP contribution in [0.4, 0.5) is 11.4 Å². The molecule has 6 heteroatoms. The summed E-state index contributed by atoms with van der Waals surface area (Å²) in [7, 11) is 11.1. The molecule has 0 bridgehead atoms. The minimum atomic E-state index is -1.59. The van der Waals surface area contributed by atoms with Gasteiger partial charge >= 0.3 is 136 Å². The van der Waals surface area contributed by atoms with Crippen molar-refractivity contribution in [2.75, 3.05) is 29.1 Å². The number of aryl methyl sites for hydroxylation is 6. The molecule has 0 aromatic heterocycles. The zero-order valence-electron chi connectivity index (χ0n) is 26.3. The van der Waals surface area contributed by atoms with Gasteiger partial charge in [-0.05, 0) is 63.8 Å². The van der Waals surface area contributed by atoms with Gasteiger partial charge < -0.3 is 9.80 Å². The quantitative estimate of drug-likeness (QED) is 0.0775. The molecule has 0 aliphatic carbocycles. The standard InChI is InChI=1S/C21H27N2.C16H17P.2ClH.Ru/c1-14-9-16(3)20(17(4)10-14)22-7-8-23(13-22)21-18(5)11-15(2)12-19(21)6;1-2-3-14-17(15-10-6-4-7-11-15)16-12-8-5-9-13-16;;;/h9-13H,7-8H2,1-6H3;1,4-13H,2-3,14H2;2*1H;/q-1;;;;+2/p-1. The van der Waals surface area contributed by atoms with Gasteiger partial charge in [-0.1, -0.05) is 35.4 Å². The van der Waals surface area contributed by atoms with Crippen molar-refractivity contribution in [2.24, 2.45) is 0 Å². The van der Waals surface area contributed by atoms with Gasteiger partial charge in [0.15, 0.2) is 0 Å². The third-order valence-corrected chi connectivity index (χ3v) is 13.0. The summed E-state index contributed by atoms with van der Waals surface area (Å²) in [5.41, 5.74) is 10.8. The Morgan fingerprint density at radius 2 is 1.07 bits per heavy atom. The molecule has 1 aliphatic heterocycles. The molecule has 4 aromatic rings. The first-order chi connectivity index (χ1) is 20.6. The van der Waals surface area contributed by atoms with Crippen molar-refractivity contribution in [3.8, 4) is 0 Å². The van der Waals surface area contributed by atoms with Crippen LogP contribution >= 0.6 is 27.3 Å². The van der Waals surface area contributed by atoms with Crippen LogP contribution in [0.1, 0.15) is 46.2 Å². The Hall–Kier alpha value is -2.02. The number of anilines is 2. The van der Waals surface area contributed by atoms with E-state index in [1.807, 2.05) is 0 Å². The molecule has 43 heavy (non-hydrogen) atoms. The Bertz CT molecular complexity index is 1370. The predicted molar refractivity (Wildman–Crippen MR) is 193 cm³/mol. The number of benzene rings is 4. The van der Waals surface area contributed by atoms with Crippen LogP contribution in [0.3, 0.4) is 0 Å². The summed E-state index contributed by atoms with van der Waals surface area (Å²) in [6.07, 6.45) is 3.44. The molecule has 2 nitrogen and oxygen atoms in total. The van der Waals surface area contributed by atoms with Gasteiger partial charge in [-0.25, -0.2) is 0 Å². The summed E-state index contributed by atoms with van der Waals surface area (Å²) < 4.78 is 2.11. The molecule has 0 unspecified atom stereocenters. The molecule has 1 fully saturated rings. The van der Waals surface area contributed by atoms with E-state index in [0.29, 0.717) is 0 Å². The molecule has 0 atom stereocenters. The van der Waals surface area contributed by atoms with E-state index >= 15 is 0 Å². The van der Waals surface area contributed by atoms with Crippen LogP contribution in [0, 0.1) is 48.2 Å². The van der Waals surface area contributed by atoms with Crippen molar-refractivity contribution in [3.05, 3.63) is 125 Å². The van der Waals surface area contributed by atoms with Gasteiger partial charge in [0.05, 0.1) is 0 Å². The first kappa shape index (κ1) is 33.9. The molecule has 4 aromatic carbocycles. The molecule has 230 valence electrons. The maximum atomic E-state index is 5.89. The summed E-state index contributed by atoms with van der Waals surface area (Å²) in [5.74, 6) is 0. The average Bonchev–Trinajstić information content (AvgIpc) is 3.42. The Labute approximate surface area is 274 Å². The van der Waals surface area contributed by atoms with E-state index in [4.69, 9.17) is 19.4 Å². The van der Waals surface area contributed by atoms with Crippen LogP contribution in [-0.2, 0) is 13.5 Å². The fourth-order valence-corrected chi connectivity index (χ4v) is 10.6. The van der Waals surface area contributed by atoms with Crippen molar-refractivity contribution in [1.29, 1.82) is 0 Å². The van der Waals surface area contributed by atoms with E-state index in [0.717, 1.165) is 19.5 Å². The topological polar surface area (TPSA) is 6.48 Å². The normalized spacial score (nSPS) is 13.2.